The quantitative estimate of drug-likeness (QED) is 0.181. The topological polar surface area (TPSA) is 99.9 Å². The molecule has 2 aromatic carbocycles. The van der Waals surface area contributed by atoms with E-state index in [-0.39, 0.29) is 41.8 Å². The van der Waals surface area contributed by atoms with Gasteiger partial charge in [0.2, 0.25) is 0 Å². The number of carbonyl (C=O) groups excluding carboxylic acids is 2. The number of piperidine rings is 3. The molecule has 274 valence electrons. The van der Waals surface area contributed by atoms with Crippen molar-refractivity contribution in [1.29, 1.82) is 0 Å². The fourth-order valence-electron chi connectivity index (χ4n) is 12.1. The van der Waals surface area contributed by atoms with Crippen LogP contribution < -0.4 is 4.74 Å². The zero-order chi connectivity index (χ0) is 36.1. The Labute approximate surface area is 306 Å². The second-order valence-corrected chi connectivity index (χ2v) is 16.3. The summed E-state index contributed by atoms with van der Waals surface area (Å²) >= 11 is 0. The van der Waals surface area contributed by atoms with Crippen LogP contribution in [0.4, 0.5) is 0 Å². The molecule has 6 aliphatic rings. The number of fused-ring (bicyclic) bond motifs is 9. The maximum atomic E-state index is 14.4. The lowest BCUT2D eigenvalue weighted by Crippen LogP contribution is -2.67. The molecule has 1 saturated carbocycles. The highest BCUT2D eigenvalue weighted by atomic mass is 16.5. The van der Waals surface area contributed by atoms with Crippen molar-refractivity contribution in [3.05, 3.63) is 76.1 Å². The Hall–Kier alpha value is -4.08. The number of aromatic nitrogens is 2. The summed E-state index contributed by atoms with van der Waals surface area (Å²) in [5.41, 5.74) is 8.54. The third kappa shape index (κ3) is 4.67. The average molecular weight is 705 g/mol. The predicted molar refractivity (Wildman–Crippen MR) is 202 cm³/mol. The molecule has 0 spiro atoms. The molecule has 6 heterocycles. The van der Waals surface area contributed by atoms with Gasteiger partial charge < -0.3 is 24.2 Å². The Morgan fingerprint density at radius 1 is 1.04 bits per heavy atom. The molecule has 9 unspecified atom stereocenters. The molecule has 9 heteroatoms. The molecule has 3 saturated heterocycles. The van der Waals surface area contributed by atoms with Gasteiger partial charge in [-0.2, -0.15) is 0 Å². The average Bonchev–Trinajstić information content (AvgIpc) is 3.70. The van der Waals surface area contributed by atoms with Gasteiger partial charge in [0, 0.05) is 65.3 Å². The lowest BCUT2D eigenvalue weighted by atomic mass is 9.56. The van der Waals surface area contributed by atoms with E-state index in [1.54, 1.807) is 14.2 Å². The maximum Gasteiger partial charge on any atom is 0.319 e. The minimum atomic E-state index is -0.756. The highest BCUT2D eigenvalue weighted by Gasteiger charge is 2.63. The lowest BCUT2D eigenvalue weighted by molar-refractivity contribution is -0.162. The second-order valence-electron chi connectivity index (χ2n) is 16.3. The second kappa shape index (κ2) is 12.5. The van der Waals surface area contributed by atoms with Crippen LogP contribution in [0.15, 0.2) is 48.0 Å². The minimum Gasteiger partial charge on any atom is -0.497 e. The molecule has 2 aromatic heterocycles. The van der Waals surface area contributed by atoms with Gasteiger partial charge >= 0.3 is 11.9 Å². The lowest BCUT2D eigenvalue weighted by Gasteiger charge is -2.57. The Morgan fingerprint density at radius 2 is 1.87 bits per heavy atom. The van der Waals surface area contributed by atoms with E-state index in [1.807, 2.05) is 0 Å². The van der Waals surface area contributed by atoms with E-state index in [0.717, 1.165) is 85.2 Å². The number of H-pyrrole nitrogens is 2. The molecule has 4 fully saturated rings. The Bertz CT molecular complexity index is 2110. The zero-order valence-electron chi connectivity index (χ0n) is 31.4. The van der Waals surface area contributed by atoms with E-state index >= 15 is 0 Å². The van der Waals surface area contributed by atoms with Crippen LogP contribution in [0.25, 0.3) is 21.8 Å². The van der Waals surface area contributed by atoms with E-state index in [4.69, 9.17) is 14.2 Å². The monoisotopic (exact) mass is 704 g/mol. The largest absolute Gasteiger partial charge is 0.497 e. The van der Waals surface area contributed by atoms with Crippen LogP contribution >= 0.6 is 0 Å². The number of benzene rings is 2. The molecule has 0 amide bonds. The van der Waals surface area contributed by atoms with Gasteiger partial charge in [-0.15, -0.1) is 0 Å². The third-order valence-corrected chi connectivity index (χ3v) is 14.1. The fraction of sp³-hybridized carbons (Fsp3) is 0.535. The summed E-state index contributed by atoms with van der Waals surface area (Å²) in [6.07, 6.45) is 7.55. The number of hydrogen-bond acceptors (Lipinski definition) is 7. The normalized spacial score (nSPS) is 33.2. The highest BCUT2D eigenvalue weighted by Crippen LogP contribution is 2.57. The number of rotatable bonds is 5. The van der Waals surface area contributed by atoms with Crippen LogP contribution in [-0.4, -0.2) is 91.8 Å². The first-order valence-electron chi connectivity index (χ1n) is 19.3. The van der Waals surface area contributed by atoms with Crippen molar-refractivity contribution < 1.29 is 23.8 Å². The van der Waals surface area contributed by atoms with Crippen LogP contribution in [0.5, 0.6) is 5.75 Å². The number of nitrogens with zero attached hydrogens (tertiary/aromatic N) is 2. The van der Waals surface area contributed by atoms with Crippen molar-refractivity contribution >= 4 is 33.7 Å². The molecule has 9 nitrogen and oxygen atoms in total. The van der Waals surface area contributed by atoms with Gasteiger partial charge in [-0.3, -0.25) is 19.4 Å². The van der Waals surface area contributed by atoms with Crippen LogP contribution in [0, 0.1) is 23.7 Å². The van der Waals surface area contributed by atoms with E-state index in [1.165, 1.54) is 41.3 Å². The predicted octanol–water partition coefficient (Wildman–Crippen LogP) is 6.49. The zero-order valence-corrected chi connectivity index (χ0v) is 31.4. The van der Waals surface area contributed by atoms with Crippen LogP contribution in [0.3, 0.4) is 0 Å². The van der Waals surface area contributed by atoms with Gasteiger partial charge in [0.25, 0.3) is 0 Å². The van der Waals surface area contributed by atoms with Gasteiger partial charge in [-0.1, -0.05) is 43.2 Å². The molecular formula is C43H52N4O5. The van der Waals surface area contributed by atoms with Gasteiger partial charge in [-0.25, -0.2) is 0 Å². The number of aromatic amines is 2. The summed E-state index contributed by atoms with van der Waals surface area (Å²) in [6, 6.07) is 13.0. The van der Waals surface area contributed by atoms with E-state index in [0.29, 0.717) is 11.8 Å². The molecule has 9 atom stereocenters. The first-order chi connectivity index (χ1) is 25.3. The summed E-state index contributed by atoms with van der Waals surface area (Å²) in [5.74, 6) is 1.02. The fourth-order valence-corrected chi connectivity index (χ4v) is 12.1. The number of carbonyl (C=O) groups is 2. The Morgan fingerprint density at radius 3 is 2.62 bits per heavy atom. The number of methoxy groups -OCH3 is 3. The maximum absolute atomic E-state index is 14.4. The number of likely N-dealkylation sites (N-methyl/N-ethyl adjacent to an activating group) is 1. The van der Waals surface area contributed by atoms with E-state index in [2.05, 4.69) is 83.1 Å². The summed E-state index contributed by atoms with van der Waals surface area (Å²) in [4.78, 5) is 41.2. The third-order valence-electron chi connectivity index (χ3n) is 14.1. The van der Waals surface area contributed by atoms with Crippen molar-refractivity contribution in [3.8, 4) is 5.75 Å². The molecule has 52 heavy (non-hydrogen) atoms. The van der Waals surface area contributed by atoms with Gasteiger partial charge in [0.05, 0.1) is 32.8 Å². The molecule has 6 bridgehead atoms. The van der Waals surface area contributed by atoms with Crippen molar-refractivity contribution in [1.82, 2.24) is 19.8 Å². The van der Waals surface area contributed by atoms with Crippen LogP contribution in [0.2, 0.25) is 0 Å². The SMILES string of the molecule is CC=C1CN(C)C2Cc3c([nH]c4ccccc34)C(c3cc(OC)cc4c5c([nH]c34)C3(C(=O)OC)CC4CC(CC)C3N(CC5)C4)CC1C2C(=O)OC. The number of allylic oxidation sites excluding steroid dienone is 1. The molecule has 4 aromatic rings. The van der Waals surface area contributed by atoms with E-state index < -0.39 is 5.41 Å². The number of ether oxygens (including phenoxy) is 3. The molecule has 4 aliphatic heterocycles. The summed E-state index contributed by atoms with van der Waals surface area (Å²) in [7, 11) is 6.97. The highest BCUT2D eigenvalue weighted by molar-refractivity contribution is 5.95. The Balaban J connectivity index is 1.32. The van der Waals surface area contributed by atoms with E-state index in [9.17, 15) is 9.59 Å². The van der Waals surface area contributed by atoms with Gasteiger partial charge in [0.1, 0.15) is 11.2 Å². The number of para-hydroxylation sites is 1. The Kier molecular flexibility index (Phi) is 8.12. The molecule has 2 aliphatic carbocycles. The number of likely N-dealkylation sites (tertiary alicyclic amines) is 1. The van der Waals surface area contributed by atoms with Crippen molar-refractivity contribution in [2.24, 2.45) is 23.7 Å². The van der Waals surface area contributed by atoms with Crippen molar-refractivity contribution in [2.45, 2.75) is 75.8 Å². The number of esters is 2. The standard InChI is InChI=1S/C43H52N4O5/c1-7-24-15-23-20-43(42(49)52-6)39-28(13-14-47(21-23)40(24)43)30-16-26(50-4)17-31(38(30)45-39)32-18-29-25(8-2)22-46(3)35(36(29)41(48)51-5)19-33-27-11-9-10-12-34(27)44-37(32)33/h8-12,16-17,23-24,29,32,35-36,40,44-45H,7,13-15,18-22H2,1-6H3. The van der Waals surface area contributed by atoms with Gasteiger partial charge in [0.15, 0.2) is 0 Å². The first-order valence-corrected chi connectivity index (χ1v) is 19.3. The van der Waals surface area contributed by atoms with Crippen LogP contribution in [-0.2, 0) is 37.3 Å². The minimum absolute atomic E-state index is 0.00281. The molecule has 10 rings (SSSR count). The van der Waals surface area contributed by atoms with Gasteiger partial charge in [-0.05, 0) is 98.7 Å². The first kappa shape index (κ1) is 33.7. The van der Waals surface area contributed by atoms with Crippen molar-refractivity contribution in [3.63, 3.8) is 0 Å². The summed E-state index contributed by atoms with van der Waals surface area (Å²) < 4.78 is 17.5. The van der Waals surface area contributed by atoms with Crippen molar-refractivity contribution in [2.75, 3.05) is 48.0 Å². The van der Waals surface area contributed by atoms with Crippen LogP contribution in [0.1, 0.15) is 73.5 Å². The number of hydrogen-bond donors (Lipinski definition) is 2. The number of nitrogens with one attached hydrogen (secondary N) is 2. The summed E-state index contributed by atoms with van der Waals surface area (Å²) in [6.45, 7) is 7.16. The summed E-state index contributed by atoms with van der Waals surface area (Å²) in [5, 5.41) is 2.33. The molecule has 0 radical (unpaired) electrons. The molecular weight excluding hydrogens is 652 g/mol. The smallest absolute Gasteiger partial charge is 0.319 e. The molecule has 2 N–H and O–H groups in total.